The standard InChI is InChI=1S/C15H18BrNOS/c1-17-14(6-3-11-7-8-19-10-11)13-5-4-12(16)9-15(13)18-2/h4-5,7-10,14,17H,3,6H2,1-2H3. The number of rotatable bonds is 6. The lowest BCUT2D eigenvalue weighted by molar-refractivity contribution is 0.398. The maximum atomic E-state index is 5.48. The fraction of sp³-hybridized carbons (Fsp3) is 0.333. The topological polar surface area (TPSA) is 21.3 Å². The summed E-state index contributed by atoms with van der Waals surface area (Å²) >= 11 is 5.23. The van der Waals surface area contributed by atoms with Crippen molar-refractivity contribution in [3.63, 3.8) is 0 Å². The summed E-state index contributed by atoms with van der Waals surface area (Å²) in [5.41, 5.74) is 2.62. The summed E-state index contributed by atoms with van der Waals surface area (Å²) in [6.07, 6.45) is 2.14. The molecule has 0 radical (unpaired) electrons. The van der Waals surface area contributed by atoms with Crippen LogP contribution in [0.15, 0.2) is 39.5 Å². The Bertz CT molecular complexity index is 513. The van der Waals surface area contributed by atoms with Crippen molar-refractivity contribution in [1.29, 1.82) is 0 Å². The molecular weight excluding hydrogens is 322 g/mol. The van der Waals surface area contributed by atoms with Gasteiger partial charge in [0.2, 0.25) is 0 Å². The first kappa shape index (κ1) is 14.6. The Hall–Kier alpha value is -0.840. The second-order valence-electron chi connectivity index (χ2n) is 4.40. The van der Waals surface area contributed by atoms with Gasteiger partial charge in [-0.2, -0.15) is 11.3 Å². The Morgan fingerprint density at radius 2 is 2.21 bits per heavy atom. The second kappa shape index (κ2) is 7.08. The molecule has 2 aromatic rings. The maximum Gasteiger partial charge on any atom is 0.124 e. The van der Waals surface area contributed by atoms with E-state index >= 15 is 0 Å². The van der Waals surface area contributed by atoms with Crippen molar-refractivity contribution in [2.24, 2.45) is 0 Å². The predicted molar refractivity (Wildman–Crippen MR) is 85.1 cm³/mol. The number of hydrogen-bond acceptors (Lipinski definition) is 3. The Morgan fingerprint density at radius 1 is 1.37 bits per heavy atom. The molecule has 0 bridgehead atoms. The van der Waals surface area contributed by atoms with E-state index in [0.29, 0.717) is 6.04 Å². The van der Waals surface area contributed by atoms with Crippen molar-refractivity contribution in [1.82, 2.24) is 5.32 Å². The molecule has 0 amide bonds. The van der Waals surface area contributed by atoms with Crippen LogP contribution in [0, 0.1) is 0 Å². The Balaban J connectivity index is 2.12. The van der Waals surface area contributed by atoms with Crippen LogP contribution >= 0.6 is 27.3 Å². The van der Waals surface area contributed by atoms with Crippen LogP contribution in [-0.4, -0.2) is 14.2 Å². The largest absolute Gasteiger partial charge is 0.496 e. The SMILES string of the molecule is CNC(CCc1ccsc1)c1ccc(Br)cc1OC. The van der Waals surface area contributed by atoms with Gasteiger partial charge < -0.3 is 10.1 Å². The van der Waals surface area contributed by atoms with E-state index in [4.69, 9.17) is 4.74 Å². The summed E-state index contributed by atoms with van der Waals surface area (Å²) in [5, 5.41) is 7.73. The third kappa shape index (κ3) is 3.81. The first-order valence-corrected chi connectivity index (χ1v) is 8.00. The molecule has 1 atom stereocenters. The molecule has 1 heterocycles. The van der Waals surface area contributed by atoms with Crippen LogP contribution in [0.1, 0.15) is 23.6 Å². The maximum absolute atomic E-state index is 5.48. The number of thiophene rings is 1. The van der Waals surface area contributed by atoms with Crippen LogP contribution in [-0.2, 0) is 6.42 Å². The summed E-state index contributed by atoms with van der Waals surface area (Å²) < 4.78 is 6.52. The molecule has 2 rings (SSSR count). The molecule has 1 unspecified atom stereocenters. The molecule has 0 saturated carbocycles. The van der Waals surface area contributed by atoms with Crippen LogP contribution in [0.3, 0.4) is 0 Å². The van der Waals surface area contributed by atoms with Crippen LogP contribution in [0.2, 0.25) is 0 Å². The van der Waals surface area contributed by atoms with Crippen molar-refractivity contribution in [3.05, 3.63) is 50.6 Å². The molecule has 0 saturated heterocycles. The van der Waals surface area contributed by atoms with Crippen LogP contribution in [0.4, 0.5) is 0 Å². The number of methoxy groups -OCH3 is 1. The van der Waals surface area contributed by atoms with Gasteiger partial charge in [-0.05, 0) is 54.4 Å². The number of hydrogen-bond donors (Lipinski definition) is 1. The van der Waals surface area contributed by atoms with Gasteiger partial charge >= 0.3 is 0 Å². The van der Waals surface area contributed by atoms with E-state index in [2.05, 4.69) is 50.2 Å². The van der Waals surface area contributed by atoms with Crippen molar-refractivity contribution < 1.29 is 4.74 Å². The average molecular weight is 340 g/mol. The van der Waals surface area contributed by atoms with Crippen molar-refractivity contribution in [2.75, 3.05) is 14.2 Å². The molecule has 0 fully saturated rings. The van der Waals surface area contributed by atoms with E-state index in [1.54, 1.807) is 18.4 Å². The highest BCUT2D eigenvalue weighted by atomic mass is 79.9. The van der Waals surface area contributed by atoms with E-state index in [1.165, 1.54) is 11.1 Å². The highest BCUT2D eigenvalue weighted by Crippen LogP contribution is 2.30. The van der Waals surface area contributed by atoms with Crippen molar-refractivity contribution in [3.8, 4) is 5.75 Å². The van der Waals surface area contributed by atoms with Gasteiger partial charge in [-0.3, -0.25) is 0 Å². The van der Waals surface area contributed by atoms with Gasteiger partial charge in [-0.1, -0.05) is 22.0 Å². The number of halogens is 1. The van der Waals surface area contributed by atoms with E-state index in [-0.39, 0.29) is 0 Å². The molecule has 0 spiro atoms. The predicted octanol–water partition coefficient (Wildman–Crippen LogP) is 4.41. The highest BCUT2D eigenvalue weighted by molar-refractivity contribution is 9.10. The van der Waals surface area contributed by atoms with Gasteiger partial charge in [0.05, 0.1) is 7.11 Å². The Labute approximate surface area is 126 Å². The van der Waals surface area contributed by atoms with E-state index in [0.717, 1.165) is 23.1 Å². The Kier molecular flexibility index (Phi) is 5.43. The minimum Gasteiger partial charge on any atom is -0.496 e. The lowest BCUT2D eigenvalue weighted by Gasteiger charge is -2.19. The molecule has 2 nitrogen and oxygen atoms in total. The van der Waals surface area contributed by atoms with Gasteiger partial charge in [0.25, 0.3) is 0 Å². The number of benzene rings is 1. The molecule has 4 heteroatoms. The monoisotopic (exact) mass is 339 g/mol. The zero-order valence-electron chi connectivity index (χ0n) is 11.2. The molecule has 1 aromatic carbocycles. The summed E-state index contributed by atoms with van der Waals surface area (Å²) in [5.74, 6) is 0.930. The normalized spacial score (nSPS) is 12.4. The smallest absolute Gasteiger partial charge is 0.124 e. The highest BCUT2D eigenvalue weighted by Gasteiger charge is 2.14. The average Bonchev–Trinajstić information content (AvgIpc) is 2.93. The zero-order chi connectivity index (χ0) is 13.7. The van der Waals surface area contributed by atoms with Gasteiger partial charge in [0.15, 0.2) is 0 Å². The number of aryl methyl sites for hydroxylation is 1. The minimum absolute atomic E-state index is 0.308. The second-order valence-corrected chi connectivity index (χ2v) is 6.09. The molecule has 1 N–H and O–H groups in total. The van der Waals surface area contributed by atoms with Gasteiger partial charge in [0.1, 0.15) is 5.75 Å². The number of nitrogens with one attached hydrogen (secondary N) is 1. The molecule has 1 aromatic heterocycles. The first-order chi connectivity index (χ1) is 9.24. The van der Waals surface area contributed by atoms with Crippen molar-refractivity contribution in [2.45, 2.75) is 18.9 Å². The van der Waals surface area contributed by atoms with Crippen LogP contribution < -0.4 is 10.1 Å². The van der Waals surface area contributed by atoms with Gasteiger partial charge in [-0.25, -0.2) is 0 Å². The molecule has 102 valence electrons. The lowest BCUT2D eigenvalue weighted by Crippen LogP contribution is -2.17. The summed E-state index contributed by atoms with van der Waals surface area (Å²) in [4.78, 5) is 0. The first-order valence-electron chi connectivity index (χ1n) is 6.26. The summed E-state index contributed by atoms with van der Waals surface area (Å²) in [6, 6.07) is 8.70. The third-order valence-corrected chi connectivity index (χ3v) is 4.45. The van der Waals surface area contributed by atoms with E-state index < -0.39 is 0 Å². The quantitative estimate of drug-likeness (QED) is 0.841. The fourth-order valence-corrected chi connectivity index (χ4v) is 3.22. The zero-order valence-corrected chi connectivity index (χ0v) is 13.6. The fourth-order valence-electron chi connectivity index (χ4n) is 2.17. The molecule has 19 heavy (non-hydrogen) atoms. The van der Waals surface area contributed by atoms with Crippen LogP contribution in [0.5, 0.6) is 5.75 Å². The van der Waals surface area contributed by atoms with Gasteiger partial charge in [-0.15, -0.1) is 0 Å². The molecular formula is C15H18BrNOS. The summed E-state index contributed by atoms with van der Waals surface area (Å²) in [6.45, 7) is 0. The minimum atomic E-state index is 0.308. The molecule has 0 aliphatic rings. The summed E-state index contributed by atoms with van der Waals surface area (Å²) in [7, 11) is 3.72. The molecule has 0 aliphatic carbocycles. The third-order valence-electron chi connectivity index (χ3n) is 3.22. The number of ether oxygens (including phenoxy) is 1. The molecule has 0 aliphatic heterocycles. The van der Waals surface area contributed by atoms with E-state index in [9.17, 15) is 0 Å². The van der Waals surface area contributed by atoms with Crippen LogP contribution in [0.25, 0.3) is 0 Å². The Morgan fingerprint density at radius 3 is 2.84 bits per heavy atom. The van der Waals surface area contributed by atoms with Gasteiger partial charge in [0, 0.05) is 16.1 Å². The van der Waals surface area contributed by atoms with E-state index in [1.807, 2.05) is 13.1 Å². The van der Waals surface area contributed by atoms with Crippen molar-refractivity contribution >= 4 is 27.3 Å². The lowest BCUT2D eigenvalue weighted by atomic mass is 9.99.